The quantitative estimate of drug-likeness (QED) is 0.171. The van der Waals surface area contributed by atoms with Gasteiger partial charge >= 0.3 is 11.9 Å². The minimum Gasteiger partial charge on any atom is -0.481 e. The number of rotatable bonds is 9. The second-order valence-corrected chi connectivity index (χ2v) is 11.1. The molecule has 0 aliphatic rings. The first-order valence-corrected chi connectivity index (χ1v) is 13.2. The molecule has 0 atom stereocenters. The maximum Gasteiger partial charge on any atom is 0.306 e. The van der Waals surface area contributed by atoms with Crippen LogP contribution in [0.5, 0.6) is 0 Å². The number of carbonyl (C=O) groups is 2. The third-order valence-electron chi connectivity index (χ3n) is 5.68. The van der Waals surface area contributed by atoms with E-state index >= 15 is 0 Å². The van der Waals surface area contributed by atoms with E-state index in [9.17, 15) is 9.59 Å². The summed E-state index contributed by atoms with van der Waals surface area (Å²) < 4.78 is 10.6. The van der Waals surface area contributed by atoms with Crippen LogP contribution in [0.3, 0.4) is 0 Å². The van der Waals surface area contributed by atoms with Gasteiger partial charge in [-0.3, -0.25) is 9.59 Å². The van der Waals surface area contributed by atoms with Crippen molar-refractivity contribution in [2.45, 2.75) is 45.1 Å². The highest BCUT2D eigenvalue weighted by Crippen LogP contribution is 2.44. The van der Waals surface area contributed by atoms with E-state index in [-0.39, 0.29) is 12.4 Å². The molecule has 0 unspecified atom stereocenters. The van der Waals surface area contributed by atoms with Crippen LogP contribution in [0.25, 0.3) is 40.3 Å². The zero-order valence-electron chi connectivity index (χ0n) is 17.4. The number of unbranched alkanes of at least 4 members (excludes halogenated alkanes) is 3. The molecule has 2 aromatic carbocycles. The molecule has 0 amide bonds. The van der Waals surface area contributed by atoms with Crippen molar-refractivity contribution in [3.8, 4) is 0 Å². The molecule has 0 saturated carbocycles. The number of carboxylic acid groups (broad SMARTS) is 1. The van der Waals surface area contributed by atoms with Crippen molar-refractivity contribution < 1.29 is 19.4 Å². The van der Waals surface area contributed by atoms with E-state index in [2.05, 4.69) is 41.8 Å². The molecule has 0 radical (unpaired) electrons. The van der Waals surface area contributed by atoms with Crippen LogP contribution in [0.4, 0.5) is 0 Å². The Hall–Kier alpha value is -2.48. The van der Waals surface area contributed by atoms with Gasteiger partial charge < -0.3 is 9.84 Å². The molecule has 7 heteroatoms. The SMILES string of the molecule is O=C(O)CCCCCCC(=O)OCc1cc2c(ccc3sc4ccc5sccc5c4c32)s1. The maximum atomic E-state index is 12.1. The van der Waals surface area contributed by atoms with E-state index in [1.54, 1.807) is 22.7 Å². The molecule has 5 rings (SSSR count). The van der Waals surface area contributed by atoms with Crippen molar-refractivity contribution in [1.29, 1.82) is 0 Å². The van der Waals surface area contributed by atoms with Gasteiger partial charge in [0.25, 0.3) is 0 Å². The smallest absolute Gasteiger partial charge is 0.306 e. The number of aliphatic carboxylic acids is 1. The Balaban J connectivity index is 1.30. The van der Waals surface area contributed by atoms with Crippen LogP contribution in [-0.4, -0.2) is 17.0 Å². The van der Waals surface area contributed by atoms with Crippen molar-refractivity contribution in [3.05, 3.63) is 46.7 Å². The third-order valence-corrected chi connectivity index (χ3v) is 8.75. The van der Waals surface area contributed by atoms with Crippen LogP contribution < -0.4 is 0 Å². The number of esters is 1. The van der Waals surface area contributed by atoms with Crippen LogP contribution in [0.15, 0.2) is 41.8 Å². The van der Waals surface area contributed by atoms with Crippen molar-refractivity contribution in [2.24, 2.45) is 0 Å². The van der Waals surface area contributed by atoms with Gasteiger partial charge in [-0.05, 0) is 54.6 Å². The Kier molecular flexibility index (Phi) is 6.13. The Bertz CT molecular complexity index is 1440. The molecule has 0 aliphatic carbocycles. The summed E-state index contributed by atoms with van der Waals surface area (Å²) in [6.07, 6.45) is 3.66. The molecule has 4 nitrogen and oxygen atoms in total. The van der Waals surface area contributed by atoms with Gasteiger partial charge in [-0.2, -0.15) is 0 Å². The maximum absolute atomic E-state index is 12.1. The van der Waals surface area contributed by atoms with Gasteiger partial charge in [0.2, 0.25) is 0 Å². The summed E-state index contributed by atoms with van der Waals surface area (Å²) in [5, 5.41) is 16.0. The van der Waals surface area contributed by atoms with E-state index in [0.717, 1.165) is 24.1 Å². The average molecular weight is 483 g/mol. The topological polar surface area (TPSA) is 63.6 Å². The highest BCUT2D eigenvalue weighted by Gasteiger charge is 2.15. The summed E-state index contributed by atoms with van der Waals surface area (Å²) in [5.74, 6) is -0.952. The molecule has 0 fully saturated rings. The summed E-state index contributed by atoms with van der Waals surface area (Å²) in [6, 6.07) is 13.2. The van der Waals surface area contributed by atoms with Crippen molar-refractivity contribution in [2.75, 3.05) is 0 Å². The van der Waals surface area contributed by atoms with Gasteiger partial charge in [-0.1, -0.05) is 12.8 Å². The number of benzene rings is 2. The molecule has 3 heterocycles. The van der Waals surface area contributed by atoms with E-state index < -0.39 is 5.97 Å². The second kappa shape index (κ2) is 9.17. The van der Waals surface area contributed by atoms with Crippen LogP contribution >= 0.6 is 34.0 Å². The normalized spacial score (nSPS) is 11.8. The number of hydrogen-bond acceptors (Lipinski definition) is 6. The number of ether oxygens (including phenoxy) is 1. The van der Waals surface area contributed by atoms with Crippen LogP contribution in [-0.2, 0) is 20.9 Å². The summed E-state index contributed by atoms with van der Waals surface area (Å²) in [6.45, 7) is 0.300. The predicted octanol–water partition coefficient (Wildman–Crippen LogP) is 7.95. The zero-order chi connectivity index (χ0) is 22.1. The van der Waals surface area contributed by atoms with Crippen LogP contribution in [0, 0.1) is 0 Å². The van der Waals surface area contributed by atoms with Crippen molar-refractivity contribution in [1.82, 2.24) is 0 Å². The molecular weight excluding hydrogens is 460 g/mol. The lowest BCUT2D eigenvalue weighted by Gasteiger charge is -2.03. The fraction of sp³-hybridized carbons (Fsp3) is 0.280. The minimum atomic E-state index is -0.764. The van der Waals surface area contributed by atoms with Crippen molar-refractivity contribution in [3.63, 3.8) is 0 Å². The lowest BCUT2D eigenvalue weighted by molar-refractivity contribution is -0.145. The molecule has 1 N–H and O–H groups in total. The lowest BCUT2D eigenvalue weighted by Crippen LogP contribution is -2.03. The predicted molar refractivity (Wildman–Crippen MR) is 135 cm³/mol. The molecule has 164 valence electrons. The molecule has 0 spiro atoms. The molecule has 32 heavy (non-hydrogen) atoms. The Morgan fingerprint density at radius 2 is 1.47 bits per heavy atom. The number of thiophene rings is 3. The van der Waals surface area contributed by atoms with Gasteiger partial charge in [0.1, 0.15) is 6.61 Å². The molecular formula is C25H22O4S3. The zero-order valence-corrected chi connectivity index (χ0v) is 19.8. The minimum absolute atomic E-state index is 0.188. The second-order valence-electron chi connectivity index (χ2n) is 7.91. The summed E-state index contributed by atoms with van der Waals surface area (Å²) >= 11 is 5.29. The molecule has 3 aromatic heterocycles. The summed E-state index contributed by atoms with van der Waals surface area (Å²) in [4.78, 5) is 23.7. The van der Waals surface area contributed by atoms with Crippen LogP contribution in [0.2, 0.25) is 0 Å². The number of fused-ring (bicyclic) bond motifs is 7. The molecule has 0 bridgehead atoms. The highest BCUT2D eigenvalue weighted by atomic mass is 32.1. The van der Waals surface area contributed by atoms with E-state index in [4.69, 9.17) is 9.84 Å². The van der Waals surface area contributed by atoms with E-state index in [1.807, 2.05) is 11.3 Å². The van der Waals surface area contributed by atoms with Gasteiger partial charge in [0.15, 0.2) is 0 Å². The van der Waals surface area contributed by atoms with Crippen molar-refractivity contribution >= 4 is 86.3 Å². The molecule has 0 aliphatic heterocycles. The fourth-order valence-corrected chi connectivity index (χ4v) is 7.08. The standard InChI is InChI=1S/C25H22O4S3/c26-22(27)5-3-1-2-4-6-23(28)29-14-15-13-17-19(31-15)8-10-21-25(17)24-16-11-12-30-18(16)7-9-20(24)32-21/h7-13H,1-6,14H2,(H,26,27). The Morgan fingerprint density at radius 3 is 2.25 bits per heavy atom. The van der Waals surface area contributed by atoms with E-state index in [0.29, 0.717) is 19.4 Å². The number of carboxylic acids is 1. The highest BCUT2D eigenvalue weighted by molar-refractivity contribution is 7.27. The Morgan fingerprint density at radius 1 is 0.781 bits per heavy atom. The molecule has 0 saturated heterocycles. The fourth-order valence-electron chi connectivity index (χ4n) is 4.17. The number of hydrogen-bond donors (Lipinski definition) is 1. The van der Waals surface area contributed by atoms with Gasteiger partial charge in [0.05, 0.1) is 0 Å². The molecule has 5 aromatic rings. The van der Waals surface area contributed by atoms with Gasteiger partial charge in [0, 0.05) is 58.1 Å². The van der Waals surface area contributed by atoms with E-state index in [1.165, 1.54) is 40.3 Å². The first kappa shape index (κ1) is 21.4. The number of carbonyl (C=O) groups excluding carboxylic acids is 1. The van der Waals surface area contributed by atoms with Gasteiger partial charge in [-0.25, -0.2) is 0 Å². The first-order valence-electron chi connectivity index (χ1n) is 10.7. The third kappa shape index (κ3) is 4.25. The van der Waals surface area contributed by atoms with Crippen LogP contribution in [0.1, 0.15) is 43.4 Å². The first-order chi connectivity index (χ1) is 15.6. The largest absolute Gasteiger partial charge is 0.481 e. The average Bonchev–Trinajstić information content (AvgIpc) is 3.48. The summed E-state index contributed by atoms with van der Waals surface area (Å²) in [7, 11) is 0. The Labute approximate surface area is 197 Å². The lowest BCUT2D eigenvalue weighted by atomic mass is 10.1. The summed E-state index contributed by atoms with van der Waals surface area (Å²) in [5.41, 5.74) is 0. The monoisotopic (exact) mass is 482 g/mol. The van der Waals surface area contributed by atoms with Gasteiger partial charge in [-0.15, -0.1) is 34.0 Å².